The molecule has 23 heavy (non-hydrogen) atoms. The molecule has 0 aliphatic carbocycles. The number of amides is 1. The largest absolute Gasteiger partial charge is 0.324 e. The number of nitrogens with one attached hydrogen (secondary N) is 1. The van der Waals surface area contributed by atoms with E-state index in [-0.39, 0.29) is 30.1 Å². The summed E-state index contributed by atoms with van der Waals surface area (Å²) in [6, 6.07) is 13.0. The lowest BCUT2D eigenvalue weighted by atomic mass is 10.2. The van der Waals surface area contributed by atoms with Gasteiger partial charge in [0.2, 0.25) is 5.91 Å². The van der Waals surface area contributed by atoms with E-state index < -0.39 is 5.82 Å². The Bertz CT molecular complexity index is 921. The minimum atomic E-state index is -0.495. The quantitative estimate of drug-likeness (QED) is 0.805. The first-order valence-electron chi connectivity index (χ1n) is 7.14. The maximum Gasteiger partial charge on any atom is 0.261 e. The van der Waals surface area contributed by atoms with Gasteiger partial charge in [-0.2, -0.15) is 0 Å². The first-order valence-corrected chi connectivity index (χ1v) is 7.14. The fourth-order valence-corrected chi connectivity index (χ4v) is 2.26. The zero-order valence-electron chi connectivity index (χ0n) is 12.2. The third-order valence-electron chi connectivity index (χ3n) is 3.46. The summed E-state index contributed by atoms with van der Waals surface area (Å²) < 4.78 is 14.9. The summed E-state index contributed by atoms with van der Waals surface area (Å²) in [6.07, 6.45) is 1.47. The van der Waals surface area contributed by atoms with Gasteiger partial charge in [0.15, 0.2) is 0 Å². The van der Waals surface area contributed by atoms with E-state index >= 15 is 0 Å². The van der Waals surface area contributed by atoms with Crippen molar-refractivity contribution in [3.8, 4) is 0 Å². The van der Waals surface area contributed by atoms with Crippen molar-refractivity contribution >= 4 is 22.5 Å². The minimum absolute atomic E-state index is 0.0499. The van der Waals surface area contributed by atoms with Gasteiger partial charge >= 0.3 is 0 Å². The molecule has 0 spiro atoms. The van der Waals surface area contributed by atoms with Crippen LogP contribution in [0.25, 0.3) is 10.9 Å². The fourth-order valence-electron chi connectivity index (χ4n) is 2.26. The van der Waals surface area contributed by atoms with Gasteiger partial charge in [-0.25, -0.2) is 9.37 Å². The smallest absolute Gasteiger partial charge is 0.261 e. The molecule has 0 atom stereocenters. The van der Waals surface area contributed by atoms with Gasteiger partial charge in [-0.3, -0.25) is 14.2 Å². The number of fused-ring (bicyclic) bond motifs is 1. The van der Waals surface area contributed by atoms with Gasteiger partial charge in [-0.05, 0) is 24.3 Å². The van der Waals surface area contributed by atoms with E-state index in [2.05, 4.69) is 10.3 Å². The first kappa shape index (κ1) is 14.9. The van der Waals surface area contributed by atoms with E-state index in [4.69, 9.17) is 0 Å². The molecule has 3 rings (SSSR count). The van der Waals surface area contributed by atoms with Crippen molar-refractivity contribution in [2.75, 3.05) is 5.32 Å². The van der Waals surface area contributed by atoms with Gasteiger partial charge in [-0.15, -0.1) is 0 Å². The normalized spacial score (nSPS) is 10.7. The fraction of sp³-hybridized carbons (Fsp3) is 0.118. The number of aromatic nitrogens is 2. The summed E-state index contributed by atoms with van der Waals surface area (Å²) in [7, 11) is 0. The van der Waals surface area contributed by atoms with Gasteiger partial charge < -0.3 is 5.32 Å². The third kappa shape index (κ3) is 3.26. The monoisotopic (exact) mass is 311 g/mol. The Kier molecular flexibility index (Phi) is 4.14. The number of para-hydroxylation sites is 2. The van der Waals surface area contributed by atoms with E-state index in [1.54, 1.807) is 36.4 Å². The topological polar surface area (TPSA) is 64.0 Å². The molecule has 0 saturated carbocycles. The van der Waals surface area contributed by atoms with Crippen molar-refractivity contribution in [3.63, 3.8) is 0 Å². The Balaban J connectivity index is 1.71. The van der Waals surface area contributed by atoms with Crippen LogP contribution in [-0.2, 0) is 11.3 Å². The molecule has 0 unspecified atom stereocenters. The summed E-state index contributed by atoms with van der Waals surface area (Å²) in [5.74, 6) is -0.861. The molecule has 0 saturated heterocycles. The number of nitrogens with zero attached hydrogens (tertiary/aromatic N) is 2. The summed E-state index contributed by atoms with van der Waals surface area (Å²) in [6.45, 7) is 0.178. The zero-order valence-corrected chi connectivity index (χ0v) is 12.2. The minimum Gasteiger partial charge on any atom is -0.324 e. The average Bonchev–Trinajstić information content (AvgIpc) is 2.57. The van der Waals surface area contributed by atoms with Gasteiger partial charge in [0.25, 0.3) is 5.56 Å². The highest BCUT2D eigenvalue weighted by Crippen LogP contribution is 2.12. The van der Waals surface area contributed by atoms with E-state index in [9.17, 15) is 14.0 Å². The first-order chi connectivity index (χ1) is 11.1. The van der Waals surface area contributed by atoms with Crippen molar-refractivity contribution in [1.82, 2.24) is 9.55 Å². The second-order valence-corrected chi connectivity index (χ2v) is 5.04. The lowest BCUT2D eigenvalue weighted by molar-refractivity contribution is -0.116. The van der Waals surface area contributed by atoms with Gasteiger partial charge in [0.1, 0.15) is 5.82 Å². The second-order valence-electron chi connectivity index (χ2n) is 5.04. The molecule has 1 N–H and O–H groups in total. The van der Waals surface area contributed by atoms with E-state index in [0.29, 0.717) is 10.9 Å². The highest BCUT2D eigenvalue weighted by molar-refractivity contribution is 5.90. The number of carbonyl (C=O) groups excluding carboxylic acids is 1. The van der Waals surface area contributed by atoms with Crippen LogP contribution >= 0.6 is 0 Å². The van der Waals surface area contributed by atoms with Crippen LogP contribution in [0.1, 0.15) is 6.42 Å². The number of rotatable bonds is 4. The molecule has 2 aromatic carbocycles. The molecule has 6 heteroatoms. The number of anilines is 1. The molecule has 1 heterocycles. The van der Waals surface area contributed by atoms with Crippen molar-refractivity contribution in [3.05, 3.63) is 71.0 Å². The third-order valence-corrected chi connectivity index (χ3v) is 3.46. The van der Waals surface area contributed by atoms with E-state index in [1.807, 2.05) is 0 Å². The lowest BCUT2D eigenvalue weighted by Gasteiger charge is -2.08. The van der Waals surface area contributed by atoms with Crippen LogP contribution in [0.2, 0.25) is 0 Å². The predicted molar refractivity (Wildman–Crippen MR) is 85.6 cm³/mol. The van der Waals surface area contributed by atoms with Crippen LogP contribution < -0.4 is 10.9 Å². The zero-order chi connectivity index (χ0) is 16.2. The van der Waals surface area contributed by atoms with Crippen LogP contribution in [0.4, 0.5) is 10.1 Å². The number of aryl methyl sites for hydroxylation is 1. The lowest BCUT2D eigenvalue weighted by Crippen LogP contribution is -2.23. The van der Waals surface area contributed by atoms with Gasteiger partial charge in [0.05, 0.1) is 22.9 Å². The van der Waals surface area contributed by atoms with Crippen molar-refractivity contribution in [2.45, 2.75) is 13.0 Å². The molecule has 1 amide bonds. The van der Waals surface area contributed by atoms with Gasteiger partial charge in [0, 0.05) is 13.0 Å². The number of halogens is 1. The Morgan fingerprint density at radius 3 is 2.70 bits per heavy atom. The Hall–Kier alpha value is -3.02. The maximum absolute atomic E-state index is 13.5. The van der Waals surface area contributed by atoms with E-state index in [0.717, 1.165) is 0 Å². The van der Waals surface area contributed by atoms with Crippen LogP contribution in [0.3, 0.4) is 0 Å². The van der Waals surface area contributed by atoms with Crippen LogP contribution in [0.5, 0.6) is 0 Å². The Labute approximate surface area is 131 Å². The molecule has 3 aromatic rings. The summed E-state index contributed by atoms with van der Waals surface area (Å²) >= 11 is 0. The number of benzene rings is 2. The van der Waals surface area contributed by atoms with Gasteiger partial charge in [-0.1, -0.05) is 24.3 Å². The number of carbonyl (C=O) groups is 1. The van der Waals surface area contributed by atoms with Crippen molar-refractivity contribution < 1.29 is 9.18 Å². The maximum atomic E-state index is 13.5. The molecule has 0 radical (unpaired) electrons. The summed E-state index contributed by atoms with van der Waals surface area (Å²) in [4.78, 5) is 28.4. The predicted octanol–water partition coefficient (Wildman–Crippen LogP) is 2.56. The number of hydrogen-bond acceptors (Lipinski definition) is 3. The Morgan fingerprint density at radius 1 is 1.13 bits per heavy atom. The molecule has 5 nitrogen and oxygen atoms in total. The van der Waals surface area contributed by atoms with Crippen molar-refractivity contribution in [1.29, 1.82) is 0 Å². The molecular formula is C17H14FN3O2. The summed E-state index contributed by atoms with van der Waals surface area (Å²) in [5.41, 5.74) is 0.542. The molecule has 0 fully saturated rings. The molecule has 0 bridgehead atoms. The van der Waals surface area contributed by atoms with Crippen LogP contribution in [0, 0.1) is 5.82 Å². The van der Waals surface area contributed by atoms with Crippen LogP contribution in [0.15, 0.2) is 59.7 Å². The highest BCUT2D eigenvalue weighted by atomic mass is 19.1. The molecule has 1 aromatic heterocycles. The molecular weight excluding hydrogens is 297 g/mol. The summed E-state index contributed by atoms with van der Waals surface area (Å²) in [5, 5.41) is 2.99. The van der Waals surface area contributed by atoms with E-state index in [1.165, 1.54) is 23.0 Å². The molecule has 116 valence electrons. The SMILES string of the molecule is O=C(CCn1cnc2ccccc2c1=O)Nc1ccccc1F. The average molecular weight is 311 g/mol. The van der Waals surface area contributed by atoms with Crippen LogP contribution in [-0.4, -0.2) is 15.5 Å². The highest BCUT2D eigenvalue weighted by Gasteiger charge is 2.08. The standard InChI is InChI=1S/C17H14FN3O2/c18-13-6-2-4-8-15(13)20-16(22)9-10-21-11-19-14-7-3-1-5-12(14)17(21)23/h1-8,11H,9-10H2,(H,20,22). The molecule has 0 aliphatic heterocycles. The molecule has 0 aliphatic rings. The Morgan fingerprint density at radius 2 is 1.87 bits per heavy atom. The second kappa shape index (κ2) is 6.39. The van der Waals surface area contributed by atoms with Crippen molar-refractivity contribution in [2.24, 2.45) is 0 Å². The number of hydrogen-bond donors (Lipinski definition) is 1.